The van der Waals surface area contributed by atoms with Gasteiger partial charge in [0.05, 0.1) is 16.3 Å². The summed E-state index contributed by atoms with van der Waals surface area (Å²) in [5, 5.41) is 14.0. The molecule has 0 bridgehead atoms. The van der Waals surface area contributed by atoms with Crippen LogP contribution in [-0.2, 0) is 4.79 Å². The molecular formula is C18H17N3O4S. The summed E-state index contributed by atoms with van der Waals surface area (Å²) in [6.07, 6.45) is 3.07. The number of para-hydroxylation sites is 2. The van der Waals surface area contributed by atoms with Crippen LogP contribution in [0.2, 0.25) is 0 Å². The van der Waals surface area contributed by atoms with Crippen molar-refractivity contribution in [2.45, 2.75) is 17.7 Å². The fraction of sp³-hybridized carbons (Fsp3) is 0.222. The number of nitro groups is 1. The van der Waals surface area contributed by atoms with E-state index in [-0.39, 0.29) is 17.2 Å². The molecule has 0 aliphatic carbocycles. The molecule has 7 nitrogen and oxygen atoms in total. The van der Waals surface area contributed by atoms with Crippen molar-refractivity contribution >= 4 is 40.6 Å². The fourth-order valence-corrected chi connectivity index (χ4v) is 3.33. The van der Waals surface area contributed by atoms with Crippen molar-refractivity contribution in [2.75, 3.05) is 23.0 Å². The molecule has 0 atom stereocenters. The van der Waals surface area contributed by atoms with Crippen LogP contribution in [0.1, 0.15) is 23.2 Å². The highest BCUT2D eigenvalue weighted by molar-refractivity contribution is 7.98. The number of amides is 2. The lowest BCUT2D eigenvalue weighted by Crippen LogP contribution is -2.25. The van der Waals surface area contributed by atoms with E-state index in [9.17, 15) is 19.7 Å². The first-order valence-electron chi connectivity index (χ1n) is 8.04. The lowest BCUT2D eigenvalue weighted by atomic mass is 10.1. The van der Waals surface area contributed by atoms with E-state index in [2.05, 4.69) is 5.32 Å². The van der Waals surface area contributed by atoms with Gasteiger partial charge in [0, 0.05) is 23.9 Å². The summed E-state index contributed by atoms with van der Waals surface area (Å²) in [6.45, 7) is 0.591. The van der Waals surface area contributed by atoms with Crippen molar-refractivity contribution < 1.29 is 14.5 Å². The molecule has 8 heteroatoms. The van der Waals surface area contributed by atoms with Gasteiger partial charge in [0.25, 0.3) is 11.6 Å². The molecule has 1 N–H and O–H groups in total. The highest BCUT2D eigenvalue weighted by atomic mass is 32.2. The van der Waals surface area contributed by atoms with Crippen molar-refractivity contribution in [1.82, 2.24) is 0 Å². The Balaban J connectivity index is 1.94. The van der Waals surface area contributed by atoms with Crippen LogP contribution in [-0.4, -0.2) is 29.5 Å². The van der Waals surface area contributed by atoms with Gasteiger partial charge in [-0.2, -0.15) is 0 Å². The van der Waals surface area contributed by atoms with Crippen LogP contribution in [0.25, 0.3) is 0 Å². The summed E-state index contributed by atoms with van der Waals surface area (Å²) in [6, 6.07) is 11.4. The predicted molar refractivity (Wildman–Crippen MR) is 101 cm³/mol. The maximum absolute atomic E-state index is 12.7. The normalized spacial score (nSPS) is 13.7. The molecule has 0 radical (unpaired) electrons. The van der Waals surface area contributed by atoms with Crippen LogP contribution >= 0.6 is 11.8 Å². The Hall–Kier alpha value is -2.87. The lowest BCUT2D eigenvalue weighted by Gasteiger charge is -2.20. The van der Waals surface area contributed by atoms with Crippen LogP contribution < -0.4 is 10.2 Å². The summed E-state index contributed by atoms with van der Waals surface area (Å²) in [5.74, 6) is -0.575. The maximum atomic E-state index is 12.7. The molecule has 1 heterocycles. The van der Waals surface area contributed by atoms with E-state index in [0.717, 1.165) is 11.3 Å². The van der Waals surface area contributed by atoms with Gasteiger partial charge in [-0.1, -0.05) is 12.1 Å². The van der Waals surface area contributed by atoms with E-state index in [1.54, 1.807) is 35.2 Å². The Morgan fingerprint density at radius 2 is 2.04 bits per heavy atom. The fourth-order valence-electron chi connectivity index (χ4n) is 2.89. The topological polar surface area (TPSA) is 92.5 Å². The molecule has 0 aromatic heterocycles. The molecule has 1 saturated heterocycles. The first kappa shape index (κ1) is 17.9. The lowest BCUT2D eigenvalue weighted by molar-refractivity contribution is -0.385. The number of hydrogen-bond acceptors (Lipinski definition) is 5. The molecule has 0 unspecified atom stereocenters. The number of nitrogens with one attached hydrogen (secondary N) is 1. The number of hydrogen-bond donors (Lipinski definition) is 1. The third kappa shape index (κ3) is 3.55. The van der Waals surface area contributed by atoms with Gasteiger partial charge < -0.3 is 10.2 Å². The first-order valence-corrected chi connectivity index (χ1v) is 9.27. The van der Waals surface area contributed by atoms with Gasteiger partial charge in [-0.25, -0.2) is 0 Å². The third-order valence-corrected chi connectivity index (χ3v) is 4.89. The predicted octanol–water partition coefficient (Wildman–Crippen LogP) is 3.70. The summed E-state index contributed by atoms with van der Waals surface area (Å²) >= 11 is 1.40. The van der Waals surface area contributed by atoms with Crippen LogP contribution in [0, 0.1) is 10.1 Å². The molecule has 2 amide bonds. The molecule has 3 rings (SSSR count). The van der Waals surface area contributed by atoms with Crippen molar-refractivity contribution in [3.8, 4) is 0 Å². The minimum atomic E-state index is -0.577. The Kier molecular flexibility index (Phi) is 5.22. The number of nitrogens with zero attached hydrogens (tertiary/aromatic N) is 2. The molecule has 1 fully saturated rings. The van der Waals surface area contributed by atoms with Crippen LogP contribution in [0.4, 0.5) is 17.1 Å². The zero-order valence-corrected chi connectivity index (χ0v) is 14.9. The zero-order valence-electron chi connectivity index (χ0n) is 14.1. The van der Waals surface area contributed by atoms with Crippen molar-refractivity contribution in [3.63, 3.8) is 0 Å². The number of carbonyl (C=O) groups is 2. The smallest absolute Gasteiger partial charge is 0.282 e. The number of benzene rings is 2. The number of carbonyl (C=O) groups excluding carboxylic acids is 2. The third-order valence-electron chi connectivity index (χ3n) is 4.16. The van der Waals surface area contributed by atoms with E-state index in [1.807, 2.05) is 6.26 Å². The van der Waals surface area contributed by atoms with Gasteiger partial charge in [-0.3, -0.25) is 19.7 Å². The molecule has 2 aromatic carbocycles. The number of anilines is 2. The van der Waals surface area contributed by atoms with Gasteiger partial charge in [0.15, 0.2) is 0 Å². The second kappa shape index (κ2) is 7.57. The number of rotatable bonds is 5. The molecule has 1 aliphatic heterocycles. The Morgan fingerprint density at radius 3 is 2.69 bits per heavy atom. The molecule has 134 valence electrons. The van der Waals surface area contributed by atoms with E-state index < -0.39 is 10.8 Å². The average Bonchev–Trinajstić information content (AvgIpc) is 3.07. The van der Waals surface area contributed by atoms with Gasteiger partial charge in [0.1, 0.15) is 5.56 Å². The molecule has 26 heavy (non-hydrogen) atoms. The largest absolute Gasteiger partial charge is 0.320 e. The standard InChI is InChI=1S/C18H17N3O4S/c1-26-12-8-9-15(21(24)25)13(11-12)18(23)19-14-5-2-3-6-16(14)20-10-4-7-17(20)22/h2-3,5-6,8-9,11H,4,7,10H2,1H3,(H,19,23). The molecule has 0 saturated carbocycles. The quantitative estimate of drug-likeness (QED) is 0.491. The second-order valence-corrected chi connectivity index (χ2v) is 6.64. The number of nitro benzene ring substituents is 1. The number of thioether (sulfide) groups is 1. The van der Waals surface area contributed by atoms with E-state index in [4.69, 9.17) is 0 Å². The highest BCUT2D eigenvalue weighted by Crippen LogP contribution is 2.31. The van der Waals surface area contributed by atoms with Crippen molar-refractivity contribution in [3.05, 3.63) is 58.1 Å². The Morgan fingerprint density at radius 1 is 1.27 bits per heavy atom. The summed E-state index contributed by atoms with van der Waals surface area (Å²) in [4.78, 5) is 37.8. The van der Waals surface area contributed by atoms with E-state index >= 15 is 0 Å². The molecular weight excluding hydrogens is 354 g/mol. The molecule has 1 aliphatic rings. The van der Waals surface area contributed by atoms with Gasteiger partial charge in [-0.15, -0.1) is 11.8 Å². The summed E-state index contributed by atoms with van der Waals surface area (Å²) < 4.78 is 0. The Labute approximate surface area is 154 Å². The van der Waals surface area contributed by atoms with E-state index in [1.165, 1.54) is 23.9 Å². The SMILES string of the molecule is CSc1ccc([N+](=O)[O-])c(C(=O)Nc2ccccc2N2CCCC2=O)c1. The molecule has 2 aromatic rings. The Bertz CT molecular complexity index is 884. The van der Waals surface area contributed by atoms with Gasteiger partial charge in [0.2, 0.25) is 5.91 Å². The highest BCUT2D eigenvalue weighted by Gasteiger charge is 2.26. The average molecular weight is 371 g/mol. The van der Waals surface area contributed by atoms with Gasteiger partial charge in [-0.05, 0) is 36.9 Å². The maximum Gasteiger partial charge on any atom is 0.282 e. The van der Waals surface area contributed by atoms with Crippen molar-refractivity contribution in [1.29, 1.82) is 0 Å². The van der Waals surface area contributed by atoms with Crippen molar-refractivity contribution in [2.24, 2.45) is 0 Å². The zero-order chi connectivity index (χ0) is 18.7. The van der Waals surface area contributed by atoms with Crippen LogP contribution in [0.5, 0.6) is 0 Å². The first-order chi connectivity index (χ1) is 12.5. The minimum Gasteiger partial charge on any atom is -0.320 e. The van der Waals surface area contributed by atoms with Gasteiger partial charge >= 0.3 is 0 Å². The summed E-state index contributed by atoms with van der Waals surface area (Å²) in [7, 11) is 0. The van der Waals surface area contributed by atoms with Crippen LogP contribution in [0.15, 0.2) is 47.4 Å². The second-order valence-electron chi connectivity index (χ2n) is 5.76. The summed E-state index contributed by atoms with van der Waals surface area (Å²) in [5.41, 5.74) is 0.794. The minimum absolute atomic E-state index is 0.00191. The van der Waals surface area contributed by atoms with Crippen LogP contribution in [0.3, 0.4) is 0 Å². The van der Waals surface area contributed by atoms with E-state index in [0.29, 0.717) is 24.3 Å². The molecule has 0 spiro atoms. The monoisotopic (exact) mass is 371 g/mol.